The smallest absolute Gasteiger partial charge is 0.235 e. The number of hydrogen-bond acceptors (Lipinski definition) is 4. The highest BCUT2D eigenvalue weighted by Crippen LogP contribution is 2.49. The van der Waals surface area contributed by atoms with E-state index in [9.17, 15) is 4.79 Å². The number of isocyanates is 1. The van der Waals surface area contributed by atoms with Crippen LogP contribution >= 0.6 is 0 Å². The number of aryl methyl sites for hydroxylation is 1. The maximum atomic E-state index is 10.2. The normalized spacial score (nSPS) is 18.0. The number of rotatable bonds is 2. The van der Waals surface area contributed by atoms with Crippen LogP contribution in [0.25, 0.3) is 0 Å². The second kappa shape index (κ2) is 2.50. The van der Waals surface area contributed by atoms with Crippen molar-refractivity contribution in [3.05, 3.63) is 11.4 Å². The average molecular weight is 178 g/mol. The second-order valence-corrected chi connectivity index (χ2v) is 3.38. The summed E-state index contributed by atoms with van der Waals surface area (Å²) in [5, 5.41) is 7.89. The molecule has 0 amide bonds. The van der Waals surface area contributed by atoms with Crippen molar-refractivity contribution in [3.8, 4) is 0 Å². The zero-order chi connectivity index (χ0) is 9.47. The van der Waals surface area contributed by atoms with Gasteiger partial charge in [0, 0.05) is 7.05 Å². The molecule has 5 nitrogen and oxygen atoms in total. The second-order valence-electron chi connectivity index (χ2n) is 3.38. The van der Waals surface area contributed by atoms with Crippen LogP contribution < -0.4 is 0 Å². The molecule has 1 aromatic heterocycles. The molecule has 0 unspecified atom stereocenters. The minimum absolute atomic E-state index is 0.389. The van der Waals surface area contributed by atoms with E-state index in [1.807, 2.05) is 14.0 Å². The van der Waals surface area contributed by atoms with Gasteiger partial charge in [0.1, 0.15) is 11.2 Å². The highest BCUT2D eigenvalue weighted by molar-refractivity contribution is 5.40. The molecule has 0 saturated heterocycles. The standard InChI is InChI=1S/C8H10N4O/c1-6-7(10-11-12(6)2)8(3-4-8)9-5-13/h3-4H2,1-2H3. The first kappa shape index (κ1) is 8.13. The van der Waals surface area contributed by atoms with Gasteiger partial charge < -0.3 is 0 Å². The first-order valence-electron chi connectivity index (χ1n) is 4.15. The SMILES string of the molecule is Cc1c(C2(N=C=O)CC2)nnn1C. The molecule has 2 rings (SSSR count). The van der Waals surface area contributed by atoms with Gasteiger partial charge in [-0.05, 0) is 19.8 Å². The Bertz CT molecular complexity index is 385. The Kier molecular flexibility index (Phi) is 1.57. The van der Waals surface area contributed by atoms with Crippen molar-refractivity contribution in [1.82, 2.24) is 15.0 Å². The maximum absolute atomic E-state index is 10.2. The summed E-state index contributed by atoms with van der Waals surface area (Å²) in [5.41, 5.74) is 1.40. The van der Waals surface area contributed by atoms with Gasteiger partial charge in [0.05, 0.1) is 5.69 Å². The molecule has 0 atom stereocenters. The molecule has 0 aromatic carbocycles. The molecule has 13 heavy (non-hydrogen) atoms. The maximum Gasteiger partial charge on any atom is 0.235 e. The van der Waals surface area contributed by atoms with Gasteiger partial charge >= 0.3 is 0 Å². The lowest BCUT2D eigenvalue weighted by Crippen LogP contribution is -2.05. The van der Waals surface area contributed by atoms with Crippen LogP contribution in [0.15, 0.2) is 4.99 Å². The van der Waals surface area contributed by atoms with E-state index in [1.165, 1.54) is 0 Å². The molecule has 1 aliphatic rings. The van der Waals surface area contributed by atoms with Crippen LogP contribution in [0.2, 0.25) is 0 Å². The van der Waals surface area contributed by atoms with Crippen molar-refractivity contribution in [3.63, 3.8) is 0 Å². The largest absolute Gasteiger partial charge is 0.252 e. The van der Waals surface area contributed by atoms with Gasteiger partial charge in [0.15, 0.2) is 0 Å². The molecule has 0 N–H and O–H groups in total. The van der Waals surface area contributed by atoms with Crippen LogP contribution in [-0.4, -0.2) is 21.1 Å². The van der Waals surface area contributed by atoms with E-state index in [1.54, 1.807) is 10.8 Å². The number of aliphatic imine (C=N–C) groups is 1. The minimum Gasteiger partial charge on any atom is -0.252 e. The summed E-state index contributed by atoms with van der Waals surface area (Å²) in [6, 6.07) is 0. The molecule has 1 aliphatic carbocycles. The lowest BCUT2D eigenvalue weighted by Gasteiger charge is -2.03. The van der Waals surface area contributed by atoms with Crippen molar-refractivity contribution in [2.45, 2.75) is 25.3 Å². The highest BCUT2D eigenvalue weighted by Gasteiger charge is 2.48. The topological polar surface area (TPSA) is 60.1 Å². The van der Waals surface area contributed by atoms with Gasteiger partial charge in [-0.1, -0.05) is 5.21 Å². The fourth-order valence-electron chi connectivity index (χ4n) is 1.44. The predicted molar refractivity (Wildman–Crippen MR) is 44.8 cm³/mol. The van der Waals surface area contributed by atoms with E-state index >= 15 is 0 Å². The third-order valence-corrected chi connectivity index (χ3v) is 2.53. The number of aromatic nitrogens is 3. The Morgan fingerprint density at radius 1 is 1.62 bits per heavy atom. The van der Waals surface area contributed by atoms with Gasteiger partial charge in [-0.2, -0.15) is 4.99 Å². The number of carbonyl (C=O) groups excluding carboxylic acids is 1. The van der Waals surface area contributed by atoms with Gasteiger partial charge in [-0.25, -0.2) is 4.79 Å². The molecule has 68 valence electrons. The predicted octanol–water partition coefficient (Wildman–Crippen LogP) is 0.448. The molecular weight excluding hydrogens is 168 g/mol. The first-order valence-corrected chi connectivity index (χ1v) is 4.15. The highest BCUT2D eigenvalue weighted by atomic mass is 16.1. The molecule has 0 aliphatic heterocycles. The molecule has 5 heteroatoms. The van der Waals surface area contributed by atoms with Crippen LogP contribution in [0.1, 0.15) is 24.2 Å². The van der Waals surface area contributed by atoms with E-state index in [0.29, 0.717) is 0 Å². The Morgan fingerprint density at radius 3 is 2.69 bits per heavy atom. The molecule has 0 bridgehead atoms. The third-order valence-electron chi connectivity index (χ3n) is 2.53. The monoisotopic (exact) mass is 178 g/mol. The van der Waals surface area contributed by atoms with Crippen molar-refractivity contribution in [2.75, 3.05) is 0 Å². The summed E-state index contributed by atoms with van der Waals surface area (Å²) >= 11 is 0. The van der Waals surface area contributed by atoms with E-state index in [4.69, 9.17) is 0 Å². The molecule has 1 heterocycles. The Hall–Kier alpha value is -1.48. The Balaban J connectivity index is 2.46. The van der Waals surface area contributed by atoms with Crippen LogP contribution in [-0.2, 0) is 17.4 Å². The van der Waals surface area contributed by atoms with E-state index in [2.05, 4.69) is 15.3 Å². The summed E-state index contributed by atoms with van der Waals surface area (Å²) in [7, 11) is 1.83. The molecule has 1 saturated carbocycles. The summed E-state index contributed by atoms with van der Waals surface area (Å²) in [5.74, 6) is 0. The Morgan fingerprint density at radius 2 is 2.31 bits per heavy atom. The molecule has 0 radical (unpaired) electrons. The Labute approximate surface area is 75.5 Å². The van der Waals surface area contributed by atoms with Crippen molar-refractivity contribution >= 4 is 6.08 Å². The minimum atomic E-state index is -0.389. The van der Waals surface area contributed by atoms with Crippen LogP contribution in [0.3, 0.4) is 0 Å². The summed E-state index contributed by atoms with van der Waals surface area (Å²) in [6.45, 7) is 1.93. The van der Waals surface area contributed by atoms with Gasteiger partial charge in [-0.3, -0.25) is 4.68 Å². The van der Waals surface area contributed by atoms with Gasteiger partial charge in [0.25, 0.3) is 0 Å². The summed E-state index contributed by atoms with van der Waals surface area (Å²) in [6.07, 6.45) is 3.36. The molecular formula is C8H10N4O. The lowest BCUT2D eigenvalue weighted by atomic mass is 10.1. The summed E-state index contributed by atoms with van der Waals surface area (Å²) in [4.78, 5) is 14.0. The van der Waals surface area contributed by atoms with Crippen LogP contribution in [0.5, 0.6) is 0 Å². The van der Waals surface area contributed by atoms with Gasteiger partial charge in [-0.15, -0.1) is 5.10 Å². The summed E-state index contributed by atoms with van der Waals surface area (Å²) < 4.78 is 1.69. The number of hydrogen-bond donors (Lipinski definition) is 0. The zero-order valence-corrected chi connectivity index (χ0v) is 7.61. The van der Waals surface area contributed by atoms with Crippen molar-refractivity contribution < 1.29 is 4.79 Å². The quantitative estimate of drug-likeness (QED) is 0.488. The van der Waals surface area contributed by atoms with Crippen LogP contribution in [0, 0.1) is 6.92 Å². The molecule has 0 spiro atoms. The fourth-order valence-corrected chi connectivity index (χ4v) is 1.44. The van der Waals surface area contributed by atoms with E-state index in [0.717, 1.165) is 24.2 Å². The number of nitrogens with zero attached hydrogens (tertiary/aromatic N) is 4. The van der Waals surface area contributed by atoms with Crippen molar-refractivity contribution in [2.24, 2.45) is 12.0 Å². The van der Waals surface area contributed by atoms with Crippen molar-refractivity contribution in [1.29, 1.82) is 0 Å². The van der Waals surface area contributed by atoms with E-state index < -0.39 is 0 Å². The van der Waals surface area contributed by atoms with E-state index in [-0.39, 0.29) is 5.54 Å². The first-order chi connectivity index (χ1) is 6.19. The fraction of sp³-hybridized carbons (Fsp3) is 0.625. The molecule has 1 aromatic rings. The lowest BCUT2D eigenvalue weighted by molar-refractivity contribution is 0.554. The molecule has 1 fully saturated rings. The third kappa shape index (κ3) is 1.09. The van der Waals surface area contributed by atoms with Gasteiger partial charge in [0.2, 0.25) is 6.08 Å². The average Bonchev–Trinajstić information content (AvgIpc) is 2.79. The van der Waals surface area contributed by atoms with Crippen LogP contribution in [0.4, 0.5) is 0 Å². The zero-order valence-electron chi connectivity index (χ0n) is 7.61.